The Hall–Kier alpha value is -2.67. The maximum atomic E-state index is 12.1. The molecule has 1 aromatic rings. The van der Waals surface area contributed by atoms with Crippen LogP contribution in [0.4, 0.5) is 5.69 Å². The predicted octanol–water partition coefficient (Wildman–Crippen LogP) is 1.42. The van der Waals surface area contributed by atoms with Gasteiger partial charge in [-0.15, -0.1) is 6.58 Å². The fraction of sp³-hybridized carbons (Fsp3) is 0.312. The Balaban J connectivity index is 2.75. The Labute approximate surface area is 134 Å². The molecule has 0 aromatic heterocycles. The summed E-state index contributed by atoms with van der Waals surface area (Å²) in [5.41, 5.74) is 0.716. The normalized spacial score (nSPS) is 11.3. The van der Waals surface area contributed by atoms with Crippen molar-refractivity contribution in [3.05, 3.63) is 42.5 Å². The van der Waals surface area contributed by atoms with Crippen LogP contribution in [0.5, 0.6) is 0 Å². The van der Waals surface area contributed by atoms with Gasteiger partial charge in [-0.1, -0.05) is 19.1 Å². The number of anilines is 1. The molecule has 23 heavy (non-hydrogen) atoms. The molecule has 0 spiro atoms. The van der Waals surface area contributed by atoms with Crippen LogP contribution in [0, 0.1) is 0 Å². The minimum absolute atomic E-state index is 0.167. The summed E-state index contributed by atoms with van der Waals surface area (Å²) in [5, 5.41) is 14.1. The van der Waals surface area contributed by atoms with Gasteiger partial charge in [0.25, 0.3) is 5.91 Å². The van der Waals surface area contributed by atoms with E-state index >= 15 is 0 Å². The fourth-order valence-electron chi connectivity index (χ4n) is 1.67. The number of amides is 2. The van der Waals surface area contributed by atoms with Crippen LogP contribution in [0.1, 0.15) is 23.7 Å². The molecule has 3 N–H and O–H groups in total. The van der Waals surface area contributed by atoms with Gasteiger partial charge >= 0.3 is 5.97 Å². The molecule has 124 valence electrons. The first-order valence-corrected chi connectivity index (χ1v) is 7.10. The molecule has 0 radical (unpaired) electrons. The van der Waals surface area contributed by atoms with Crippen LogP contribution in [0.2, 0.25) is 0 Å². The Morgan fingerprint density at radius 1 is 1.39 bits per heavy atom. The molecule has 0 bridgehead atoms. The highest BCUT2D eigenvalue weighted by Crippen LogP contribution is 2.11. The maximum absolute atomic E-state index is 12.1. The first-order valence-electron chi connectivity index (χ1n) is 7.10. The lowest BCUT2D eigenvalue weighted by molar-refractivity contribution is -0.140. The van der Waals surface area contributed by atoms with Crippen LogP contribution in [0.25, 0.3) is 0 Å². The molecule has 0 saturated carbocycles. The van der Waals surface area contributed by atoms with Crippen molar-refractivity contribution >= 4 is 23.5 Å². The van der Waals surface area contributed by atoms with Gasteiger partial charge in [-0.3, -0.25) is 9.59 Å². The summed E-state index contributed by atoms with van der Waals surface area (Å²) in [6.07, 6.45) is 1.80. The zero-order valence-corrected chi connectivity index (χ0v) is 12.9. The molecule has 0 saturated heterocycles. The molecular formula is C16H20N2O5. The van der Waals surface area contributed by atoms with Gasteiger partial charge in [0.1, 0.15) is 0 Å². The second-order valence-electron chi connectivity index (χ2n) is 4.67. The topological polar surface area (TPSA) is 105 Å². The third kappa shape index (κ3) is 6.31. The van der Waals surface area contributed by atoms with Gasteiger partial charge in [0, 0.05) is 17.7 Å². The van der Waals surface area contributed by atoms with Crippen molar-refractivity contribution < 1.29 is 24.2 Å². The van der Waals surface area contributed by atoms with E-state index in [1.807, 2.05) is 0 Å². The van der Waals surface area contributed by atoms with Gasteiger partial charge in [0.15, 0.2) is 6.04 Å². The Morgan fingerprint density at radius 2 is 2.13 bits per heavy atom. The van der Waals surface area contributed by atoms with Crippen LogP contribution in [-0.4, -0.2) is 42.1 Å². The van der Waals surface area contributed by atoms with Crippen LogP contribution in [0.15, 0.2) is 36.9 Å². The van der Waals surface area contributed by atoms with Gasteiger partial charge < -0.3 is 20.5 Å². The molecule has 7 nitrogen and oxygen atoms in total. The highest BCUT2D eigenvalue weighted by atomic mass is 16.5. The molecule has 0 fully saturated rings. The first kappa shape index (κ1) is 18.4. The molecule has 0 heterocycles. The summed E-state index contributed by atoms with van der Waals surface area (Å²) in [5.74, 6) is -1.94. The molecule has 0 aliphatic rings. The molecule has 2 amide bonds. The van der Waals surface area contributed by atoms with Crippen molar-refractivity contribution in [2.75, 3.05) is 18.5 Å². The minimum atomic E-state index is -1.20. The summed E-state index contributed by atoms with van der Waals surface area (Å²) < 4.78 is 5.06. The molecule has 1 unspecified atom stereocenters. The Kier molecular flexibility index (Phi) is 7.49. The second-order valence-corrected chi connectivity index (χ2v) is 4.67. The van der Waals surface area contributed by atoms with Gasteiger partial charge in [-0.05, 0) is 18.2 Å². The van der Waals surface area contributed by atoms with Gasteiger partial charge in [0.05, 0.1) is 13.2 Å². The monoisotopic (exact) mass is 320 g/mol. The summed E-state index contributed by atoms with van der Waals surface area (Å²) in [7, 11) is 0. The van der Waals surface area contributed by atoms with Gasteiger partial charge in [0.2, 0.25) is 5.91 Å². The Bertz CT molecular complexity index is 586. The smallest absolute Gasteiger partial charge is 0.328 e. The van der Waals surface area contributed by atoms with Crippen molar-refractivity contribution in [1.29, 1.82) is 0 Å². The number of ether oxygens (including phenoxy) is 1. The quantitative estimate of drug-likeness (QED) is 0.471. The highest BCUT2D eigenvalue weighted by molar-refractivity contribution is 5.98. The summed E-state index contributed by atoms with van der Waals surface area (Å²) in [6, 6.07) is 5.08. The van der Waals surface area contributed by atoms with Crippen molar-refractivity contribution in [3.8, 4) is 0 Å². The number of carboxylic acid groups (broad SMARTS) is 1. The van der Waals surface area contributed by atoms with Crippen molar-refractivity contribution in [3.63, 3.8) is 0 Å². The van der Waals surface area contributed by atoms with Crippen molar-refractivity contribution in [2.24, 2.45) is 0 Å². The Morgan fingerprint density at radius 3 is 2.74 bits per heavy atom. The zero-order valence-electron chi connectivity index (χ0n) is 12.9. The number of carbonyl (C=O) groups excluding carboxylic acids is 2. The lowest BCUT2D eigenvalue weighted by Gasteiger charge is -2.14. The number of carbonyl (C=O) groups is 3. The van der Waals surface area contributed by atoms with Gasteiger partial charge in [-0.25, -0.2) is 4.79 Å². The molecule has 7 heteroatoms. The van der Waals surface area contributed by atoms with E-state index in [2.05, 4.69) is 17.2 Å². The average molecular weight is 320 g/mol. The van der Waals surface area contributed by atoms with Gasteiger partial charge in [-0.2, -0.15) is 0 Å². The lowest BCUT2D eigenvalue weighted by Crippen LogP contribution is -2.44. The number of benzene rings is 1. The number of nitrogens with one attached hydrogen (secondary N) is 2. The first-order chi connectivity index (χ1) is 11.0. The van der Waals surface area contributed by atoms with E-state index in [1.54, 1.807) is 19.1 Å². The molecule has 0 aliphatic carbocycles. The largest absolute Gasteiger partial charge is 0.480 e. The second kappa shape index (κ2) is 9.37. The molecule has 1 rings (SSSR count). The third-order valence-corrected chi connectivity index (χ3v) is 2.85. The number of hydrogen-bond donors (Lipinski definition) is 3. The van der Waals surface area contributed by atoms with E-state index in [0.717, 1.165) is 0 Å². The fourth-order valence-corrected chi connectivity index (χ4v) is 1.67. The molecular weight excluding hydrogens is 300 g/mol. The average Bonchev–Trinajstić information content (AvgIpc) is 2.53. The summed E-state index contributed by atoms with van der Waals surface area (Å²) >= 11 is 0. The van der Waals surface area contributed by atoms with Crippen molar-refractivity contribution in [1.82, 2.24) is 5.32 Å². The minimum Gasteiger partial charge on any atom is -0.480 e. The number of carboxylic acids is 1. The molecule has 1 atom stereocenters. The maximum Gasteiger partial charge on any atom is 0.328 e. The highest BCUT2D eigenvalue weighted by Gasteiger charge is 2.21. The van der Waals surface area contributed by atoms with E-state index in [9.17, 15) is 14.4 Å². The van der Waals surface area contributed by atoms with E-state index < -0.39 is 17.9 Å². The summed E-state index contributed by atoms with van der Waals surface area (Å²) in [6.45, 7) is 5.20. The molecule has 1 aromatic carbocycles. The van der Waals surface area contributed by atoms with E-state index in [1.165, 1.54) is 18.2 Å². The van der Waals surface area contributed by atoms with Crippen LogP contribution < -0.4 is 10.6 Å². The number of rotatable bonds is 9. The van der Waals surface area contributed by atoms with E-state index in [0.29, 0.717) is 12.1 Å². The number of aliphatic carboxylic acids is 1. The van der Waals surface area contributed by atoms with E-state index in [-0.39, 0.29) is 24.7 Å². The van der Waals surface area contributed by atoms with Crippen LogP contribution >= 0.6 is 0 Å². The summed E-state index contributed by atoms with van der Waals surface area (Å²) in [4.78, 5) is 34.6. The SMILES string of the molecule is C=CCOCC(NC(=O)c1cccc(NC(=O)CC)c1)C(=O)O. The standard InChI is InChI=1S/C16H20N2O5/c1-3-8-23-10-13(16(21)22)18-15(20)11-6-5-7-12(9-11)17-14(19)4-2/h3,5-7,9,13H,1,4,8,10H2,2H3,(H,17,19)(H,18,20)(H,21,22). The molecule has 0 aliphatic heterocycles. The lowest BCUT2D eigenvalue weighted by atomic mass is 10.1. The number of hydrogen-bond acceptors (Lipinski definition) is 4. The third-order valence-electron chi connectivity index (χ3n) is 2.85. The van der Waals surface area contributed by atoms with Crippen LogP contribution in [-0.2, 0) is 14.3 Å². The van der Waals surface area contributed by atoms with Crippen molar-refractivity contribution in [2.45, 2.75) is 19.4 Å². The zero-order chi connectivity index (χ0) is 17.2. The predicted molar refractivity (Wildman–Crippen MR) is 85.3 cm³/mol. The van der Waals surface area contributed by atoms with E-state index in [4.69, 9.17) is 9.84 Å². The van der Waals surface area contributed by atoms with Crippen LogP contribution in [0.3, 0.4) is 0 Å².